The van der Waals surface area contributed by atoms with E-state index in [-0.39, 0.29) is 11.8 Å². The number of benzene rings is 3. The first-order valence-corrected chi connectivity index (χ1v) is 13.3. The summed E-state index contributed by atoms with van der Waals surface area (Å²) in [6, 6.07) is 26.9. The SMILES string of the molecule is NC(=O)C1(c2ccccc2)CCN(C(=O)c2cc(-c3ccccc3)c(-c3ccc(Cl)cc3Cl)s2)CC1. The van der Waals surface area contributed by atoms with Crippen LogP contribution >= 0.6 is 34.5 Å². The van der Waals surface area contributed by atoms with Gasteiger partial charge in [0.15, 0.2) is 0 Å². The van der Waals surface area contributed by atoms with Crippen molar-refractivity contribution in [1.82, 2.24) is 4.90 Å². The van der Waals surface area contributed by atoms with E-state index in [1.807, 2.05) is 77.7 Å². The molecule has 2 amide bonds. The topological polar surface area (TPSA) is 63.4 Å². The molecule has 4 nitrogen and oxygen atoms in total. The third kappa shape index (κ3) is 4.55. The number of piperidine rings is 1. The Bertz CT molecular complexity index is 1410. The standard InChI is InChI=1S/C29H24Cl2N2O2S/c30-21-11-12-22(24(31)17-21)26-23(19-7-3-1-4-8-19)18-25(36-26)27(34)33-15-13-29(14-16-33,28(32)35)20-9-5-2-6-10-20/h1-12,17-18H,13-16H2,(H2,32,35). The van der Waals surface area contributed by atoms with Crippen LogP contribution in [-0.2, 0) is 10.2 Å². The van der Waals surface area contributed by atoms with Crippen molar-refractivity contribution in [3.05, 3.63) is 105 Å². The summed E-state index contributed by atoms with van der Waals surface area (Å²) >= 11 is 14.1. The molecule has 1 fully saturated rings. The van der Waals surface area contributed by atoms with Crippen LogP contribution in [0, 0.1) is 0 Å². The fraction of sp³-hybridized carbons (Fsp3) is 0.172. The first kappa shape index (κ1) is 24.6. The summed E-state index contributed by atoms with van der Waals surface area (Å²) in [5.41, 5.74) is 8.81. The number of nitrogens with two attached hydrogens (primary N) is 1. The van der Waals surface area contributed by atoms with Crippen LogP contribution < -0.4 is 5.73 Å². The van der Waals surface area contributed by atoms with Crippen molar-refractivity contribution in [2.45, 2.75) is 18.3 Å². The van der Waals surface area contributed by atoms with Crippen LogP contribution in [-0.4, -0.2) is 29.8 Å². The van der Waals surface area contributed by atoms with Gasteiger partial charge in [0.25, 0.3) is 5.91 Å². The molecule has 1 aliphatic rings. The summed E-state index contributed by atoms with van der Waals surface area (Å²) < 4.78 is 0. The van der Waals surface area contributed by atoms with E-state index in [1.165, 1.54) is 11.3 Å². The summed E-state index contributed by atoms with van der Waals surface area (Å²) in [6.45, 7) is 0.901. The first-order chi connectivity index (χ1) is 17.4. The molecule has 0 unspecified atom stereocenters. The van der Waals surface area contributed by atoms with Gasteiger partial charge >= 0.3 is 0 Å². The van der Waals surface area contributed by atoms with Gasteiger partial charge in [0.1, 0.15) is 0 Å². The molecule has 7 heteroatoms. The maximum absolute atomic E-state index is 13.7. The van der Waals surface area contributed by atoms with Crippen LogP contribution in [0.1, 0.15) is 28.1 Å². The van der Waals surface area contributed by atoms with E-state index in [4.69, 9.17) is 28.9 Å². The predicted molar refractivity (Wildman–Crippen MR) is 148 cm³/mol. The van der Waals surface area contributed by atoms with Gasteiger partial charge < -0.3 is 10.6 Å². The average molecular weight is 535 g/mol. The molecule has 4 aromatic rings. The molecule has 0 radical (unpaired) electrons. The fourth-order valence-electron chi connectivity index (χ4n) is 4.88. The minimum atomic E-state index is -0.759. The molecule has 0 atom stereocenters. The molecular formula is C29H24Cl2N2O2S. The number of carbonyl (C=O) groups is 2. The molecule has 36 heavy (non-hydrogen) atoms. The summed E-state index contributed by atoms with van der Waals surface area (Å²) in [4.78, 5) is 29.5. The first-order valence-electron chi connectivity index (χ1n) is 11.7. The number of carbonyl (C=O) groups excluding carboxylic acids is 2. The van der Waals surface area contributed by atoms with Gasteiger partial charge in [-0.15, -0.1) is 11.3 Å². The van der Waals surface area contributed by atoms with E-state index in [0.717, 1.165) is 27.1 Å². The van der Waals surface area contributed by atoms with Gasteiger partial charge in [-0.2, -0.15) is 0 Å². The molecule has 1 aliphatic heterocycles. The van der Waals surface area contributed by atoms with E-state index < -0.39 is 5.41 Å². The lowest BCUT2D eigenvalue weighted by Gasteiger charge is -2.40. The van der Waals surface area contributed by atoms with Crippen molar-refractivity contribution in [2.75, 3.05) is 13.1 Å². The van der Waals surface area contributed by atoms with Gasteiger partial charge in [0, 0.05) is 34.1 Å². The van der Waals surface area contributed by atoms with Crippen LogP contribution in [0.2, 0.25) is 10.0 Å². The van der Waals surface area contributed by atoms with Gasteiger partial charge in [-0.25, -0.2) is 0 Å². The minimum absolute atomic E-state index is 0.0559. The minimum Gasteiger partial charge on any atom is -0.369 e. The highest BCUT2D eigenvalue weighted by molar-refractivity contribution is 7.18. The Morgan fingerprint density at radius 3 is 2.08 bits per heavy atom. The molecule has 5 rings (SSSR count). The van der Waals surface area contributed by atoms with Crippen LogP contribution in [0.4, 0.5) is 0 Å². The monoisotopic (exact) mass is 534 g/mol. The summed E-state index contributed by atoms with van der Waals surface area (Å²) in [7, 11) is 0. The van der Waals surface area contributed by atoms with E-state index in [0.29, 0.717) is 40.9 Å². The summed E-state index contributed by atoms with van der Waals surface area (Å²) in [6.07, 6.45) is 0.982. The number of hydrogen-bond acceptors (Lipinski definition) is 3. The van der Waals surface area contributed by atoms with Crippen LogP contribution in [0.25, 0.3) is 21.6 Å². The van der Waals surface area contributed by atoms with E-state index >= 15 is 0 Å². The smallest absolute Gasteiger partial charge is 0.263 e. The highest BCUT2D eigenvalue weighted by Crippen LogP contribution is 2.44. The zero-order chi connectivity index (χ0) is 25.3. The van der Waals surface area contributed by atoms with Crippen LogP contribution in [0.15, 0.2) is 84.9 Å². The third-order valence-electron chi connectivity index (χ3n) is 6.91. The molecule has 2 N–H and O–H groups in total. The average Bonchev–Trinajstić information content (AvgIpc) is 3.34. The van der Waals surface area contributed by atoms with Crippen molar-refractivity contribution >= 4 is 46.4 Å². The molecule has 0 saturated carbocycles. The molecule has 0 spiro atoms. The van der Waals surface area contributed by atoms with Gasteiger partial charge in [0.2, 0.25) is 5.91 Å². The van der Waals surface area contributed by atoms with Crippen LogP contribution in [0.5, 0.6) is 0 Å². The van der Waals surface area contributed by atoms with Gasteiger partial charge in [-0.1, -0.05) is 89.9 Å². The number of halogens is 2. The number of amides is 2. The van der Waals surface area contributed by atoms with Gasteiger partial charge in [-0.3, -0.25) is 9.59 Å². The highest BCUT2D eigenvalue weighted by Gasteiger charge is 2.42. The normalized spacial score (nSPS) is 15.0. The fourth-order valence-corrected chi connectivity index (χ4v) is 6.63. The Labute approximate surface area is 224 Å². The second kappa shape index (κ2) is 10.1. The van der Waals surface area contributed by atoms with Gasteiger partial charge in [0.05, 0.1) is 15.3 Å². The molecule has 1 aromatic heterocycles. The summed E-state index contributed by atoms with van der Waals surface area (Å²) in [5.74, 6) is -0.400. The summed E-state index contributed by atoms with van der Waals surface area (Å²) in [5, 5.41) is 1.09. The van der Waals surface area contributed by atoms with Crippen molar-refractivity contribution < 1.29 is 9.59 Å². The second-order valence-electron chi connectivity index (χ2n) is 8.95. The maximum atomic E-state index is 13.7. The predicted octanol–water partition coefficient (Wildman–Crippen LogP) is 7.05. The Balaban J connectivity index is 1.47. The number of primary amides is 1. The largest absolute Gasteiger partial charge is 0.369 e. The van der Waals surface area contributed by atoms with Crippen molar-refractivity contribution in [1.29, 1.82) is 0 Å². The van der Waals surface area contributed by atoms with Crippen molar-refractivity contribution in [3.63, 3.8) is 0 Å². The quantitative estimate of drug-likeness (QED) is 0.298. The maximum Gasteiger partial charge on any atom is 0.263 e. The molecular weight excluding hydrogens is 511 g/mol. The zero-order valence-electron chi connectivity index (χ0n) is 19.4. The molecule has 3 aromatic carbocycles. The van der Waals surface area contributed by atoms with E-state index in [9.17, 15) is 9.59 Å². The Hall–Kier alpha value is -3.12. The number of nitrogens with zero attached hydrogens (tertiary/aromatic N) is 1. The molecule has 1 saturated heterocycles. The lowest BCUT2D eigenvalue weighted by Crippen LogP contribution is -2.51. The molecule has 2 heterocycles. The molecule has 182 valence electrons. The lowest BCUT2D eigenvalue weighted by molar-refractivity contribution is -0.125. The van der Waals surface area contributed by atoms with Gasteiger partial charge in [-0.05, 0) is 42.2 Å². The molecule has 0 aliphatic carbocycles. The van der Waals surface area contributed by atoms with E-state index in [1.54, 1.807) is 12.1 Å². The highest BCUT2D eigenvalue weighted by atomic mass is 35.5. The molecule has 0 bridgehead atoms. The third-order valence-corrected chi connectivity index (χ3v) is 8.61. The Kier molecular flexibility index (Phi) is 6.89. The number of likely N-dealkylation sites (tertiary alicyclic amines) is 1. The lowest BCUT2D eigenvalue weighted by atomic mass is 9.72. The van der Waals surface area contributed by atoms with E-state index in [2.05, 4.69) is 0 Å². The Morgan fingerprint density at radius 2 is 1.47 bits per heavy atom. The van der Waals surface area contributed by atoms with Crippen molar-refractivity contribution in [3.8, 4) is 21.6 Å². The zero-order valence-corrected chi connectivity index (χ0v) is 21.7. The van der Waals surface area contributed by atoms with Crippen LogP contribution in [0.3, 0.4) is 0 Å². The number of hydrogen-bond donors (Lipinski definition) is 1. The second-order valence-corrected chi connectivity index (χ2v) is 10.8. The number of rotatable bonds is 5. The number of thiophene rings is 1. The Morgan fingerprint density at radius 1 is 0.833 bits per heavy atom. The van der Waals surface area contributed by atoms with Crippen molar-refractivity contribution in [2.24, 2.45) is 5.73 Å².